The molecule has 0 aliphatic carbocycles. The Bertz CT molecular complexity index is 1290. The predicted octanol–water partition coefficient (Wildman–Crippen LogP) is 4.61. The molecular weight excluding hydrogens is 434 g/mol. The summed E-state index contributed by atoms with van der Waals surface area (Å²) in [6, 6.07) is 7.84. The first-order valence-electron chi connectivity index (χ1n) is 10.6. The van der Waals surface area contributed by atoms with E-state index in [4.69, 9.17) is 4.98 Å². The van der Waals surface area contributed by atoms with Gasteiger partial charge in [-0.25, -0.2) is 9.97 Å². The van der Waals surface area contributed by atoms with E-state index in [9.17, 15) is 4.79 Å². The molecule has 1 amide bonds. The van der Waals surface area contributed by atoms with E-state index >= 15 is 0 Å². The Morgan fingerprint density at radius 2 is 1.97 bits per heavy atom. The number of nitrogens with zero attached hydrogens (tertiary/aromatic N) is 5. The molecule has 170 valence electrons. The van der Waals surface area contributed by atoms with Crippen molar-refractivity contribution in [1.82, 2.24) is 30.0 Å². The fourth-order valence-electron chi connectivity index (χ4n) is 3.22. The van der Waals surface area contributed by atoms with Crippen LogP contribution in [0.3, 0.4) is 0 Å². The van der Waals surface area contributed by atoms with Gasteiger partial charge in [-0.1, -0.05) is 26.8 Å². The van der Waals surface area contributed by atoms with E-state index in [0.717, 1.165) is 39.0 Å². The standard InChI is InChI=1S/C24H27N7OS/c1-15-17(11-26-22(32)20-13-27-23(33-20)24(2,3)4)6-7-19(29-15)16-8-9-25-21(10-16)30-18-12-28-31(5)14-18/h6-10,12-14H,11H2,1-5H3,(H,25,30)(H,26,32). The third-order valence-electron chi connectivity index (χ3n) is 5.04. The monoisotopic (exact) mass is 461 g/mol. The van der Waals surface area contributed by atoms with E-state index in [1.54, 1.807) is 23.3 Å². The van der Waals surface area contributed by atoms with Crippen LogP contribution in [-0.2, 0) is 19.0 Å². The number of rotatable bonds is 6. The average molecular weight is 462 g/mol. The maximum Gasteiger partial charge on any atom is 0.263 e. The van der Waals surface area contributed by atoms with Crippen LogP contribution in [0.1, 0.15) is 46.7 Å². The first-order chi connectivity index (χ1) is 15.7. The van der Waals surface area contributed by atoms with Gasteiger partial charge in [0.05, 0.1) is 28.8 Å². The average Bonchev–Trinajstić information content (AvgIpc) is 3.42. The summed E-state index contributed by atoms with van der Waals surface area (Å²) in [5.41, 5.74) is 4.43. The Hall–Kier alpha value is -3.59. The molecule has 0 radical (unpaired) electrons. The molecule has 9 heteroatoms. The van der Waals surface area contributed by atoms with Crippen LogP contribution in [0.4, 0.5) is 11.5 Å². The van der Waals surface area contributed by atoms with Gasteiger partial charge in [0.1, 0.15) is 10.7 Å². The number of nitrogens with one attached hydrogen (secondary N) is 2. The minimum absolute atomic E-state index is 0.0696. The Morgan fingerprint density at radius 1 is 1.15 bits per heavy atom. The predicted molar refractivity (Wildman–Crippen MR) is 131 cm³/mol. The molecular formula is C24H27N7OS. The second-order valence-electron chi connectivity index (χ2n) is 8.86. The van der Waals surface area contributed by atoms with Crippen molar-refractivity contribution in [3.8, 4) is 11.3 Å². The van der Waals surface area contributed by atoms with E-state index in [1.807, 2.05) is 44.4 Å². The van der Waals surface area contributed by atoms with Gasteiger partial charge in [0.15, 0.2) is 0 Å². The zero-order valence-corrected chi connectivity index (χ0v) is 20.2. The molecule has 4 rings (SSSR count). The van der Waals surface area contributed by atoms with Crippen molar-refractivity contribution in [3.63, 3.8) is 0 Å². The number of hydrogen-bond acceptors (Lipinski definition) is 7. The minimum atomic E-state index is -0.119. The minimum Gasteiger partial charge on any atom is -0.347 e. The summed E-state index contributed by atoms with van der Waals surface area (Å²) < 4.78 is 1.73. The van der Waals surface area contributed by atoms with Gasteiger partial charge in [0.25, 0.3) is 5.91 Å². The lowest BCUT2D eigenvalue weighted by atomic mass is 9.98. The normalized spacial score (nSPS) is 11.4. The maximum atomic E-state index is 12.6. The highest BCUT2D eigenvalue weighted by Crippen LogP contribution is 2.27. The number of pyridine rings is 2. The van der Waals surface area contributed by atoms with Crippen LogP contribution in [0.15, 0.2) is 49.1 Å². The van der Waals surface area contributed by atoms with Gasteiger partial charge in [-0.15, -0.1) is 11.3 Å². The maximum absolute atomic E-state index is 12.6. The molecule has 0 saturated carbocycles. The van der Waals surface area contributed by atoms with Crippen LogP contribution >= 0.6 is 11.3 Å². The van der Waals surface area contributed by atoms with Crippen molar-refractivity contribution in [3.05, 3.63) is 70.2 Å². The fourth-order valence-corrected chi connectivity index (χ4v) is 4.11. The van der Waals surface area contributed by atoms with Crippen LogP contribution in [0.2, 0.25) is 0 Å². The molecule has 0 unspecified atom stereocenters. The Kier molecular flexibility index (Phi) is 6.24. The van der Waals surface area contributed by atoms with Crippen molar-refractivity contribution in [2.24, 2.45) is 7.05 Å². The Labute approximate surface area is 197 Å². The lowest BCUT2D eigenvalue weighted by molar-refractivity contribution is 0.0954. The van der Waals surface area contributed by atoms with Gasteiger partial charge in [-0.3, -0.25) is 14.5 Å². The zero-order chi connectivity index (χ0) is 23.6. The summed E-state index contributed by atoms with van der Waals surface area (Å²) in [4.78, 5) is 26.7. The summed E-state index contributed by atoms with van der Waals surface area (Å²) in [7, 11) is 1.87. The number of aromatic nitrogens is 5. The largest absolute Gasteiger partial charge is 0.347 e. The summed E-state index contributed by atoms with van der Waals surface area (Å²) >= 11 is 1.43. The highest BCUT2D eigenvalue weighted by Gasteiger charge is 2.20. The van der Waals surface area contributed by atoms with E-state index in [2.05, 4.69) is 46.5 Å². The number of thiazole rings is 1. The molecule has 4 aromatic rings. The summed E-state index contributed by atoms with van der Waals surface area (Å²) in [5, 5.41) is 11.3. The van der Waals surface area contributed by atoms with Crippen molar-refractivity contribution < 1.29 is 4.79 Å². The number of anilines is 2. The van der Waals surface area contributed by atoms with E-state index in [1.165, 1.54) is 11.3 Å². The molecule has 4 aromatic heterocycles. The molecule has 0 spiro atoms. The van der Waals surface area contributed by atoms with Gasteiger partial charge in [0, 0.05) is 42.7 Å². The number of aryl methyl sites for hydroxylation is 2. The molecule has 8 nitrogen and oxygen atoms in total. The molecule has 33 heavy (non-hydrogen) atoms. The Morgan fingerprint density at radius 3 is 2.64 bits per heavy atom. The van der Waals surface area contributed by atoms with Crippen LogP contribution in [0.25, 0.3) is 11.3 Å². The van der Waals surface area contributed by atoms with Crippen molar-refractivity contribution >= 4 is 28.7 Å². The molecule has 4 heterocycles. The molecule has 0 fully saturated rings. The third kappa shape index (κ3) is 5.43. The smallest absolute Gasteiger partial charge is 0.263 e. The Balaban J connectivity index is 1.43. The highest BCUT2D eigenvalue weighted by atomic mass is 32.1. The summed E-state index contributed by atoms with van der Waals surface area (Å²) in [6.07, 6.45) is 7.03. The van der Waals surface area contributed by atoms with Gasteiger partial charge in [-0.05, 0) is 30.7 Å². The first kappa shape index (κ1) is 22.6. The lowest BCUT2D eigenvalue weighted by Crippen LogP contribution is -2.22. The highest BCUT2D eigenvalue weighted by molar-refractivity contribution is 7.13. The molecule has 0 saturated heterocycles. The number of carbonyl (C=O) groups excluding carboxylic acids is 1. The molecule has 0 aliphatic rings. The molecule has 2 N–H and O–H groups in total. The topological polar surface area (TPSA) is 97.6 Å². The van der Waals surface area contributed by atoms with E-state index in [-0.39, 0.29) is 11.3 Å². The molecule has 0 atom stereocenters. The number of carbonyl (C=O) groups is 1. The van der Waals surface area contributed by atoms with Gasteiger partial charge < -0.3 is 10.6 Å². The van der Waals surface area contributed by atoms with Crippen molar-refractivity contribution in [1.29, 1.82) is 0 Å². The van der Waals surface area contributed by atoms with E-state index in [0.29, 0.717) is 11.4 Å². The van der Waals surface area contributed by atoms with Gasteiger partial charge in [-0.2, -0.15) is 5.10 Å². The number of hydrogen-bond donors (Lipinski definition) is 2. The lowest BCUT2D eigenvalue weighted by Gasteiger charge is -2.13. The first-order valence-corrected chi connectivity index (χ1v) is 11.4. The van der Waals surface area contributed by atoms with E-state index < -0.39 is 0 Å². The van der Waals surface area contributed by atoms with Crippen molar-refractivity contribution in [2.45, 2.75) is 39.7 Å². The van der Waals surface area contributed by atoms with Crippen LogP contribution in [-0.4, -0.2) is 30.6 Å². The van der Waals surface area contributed by atoms with Gasteiger partial charge >= 0.3 is 0 Å². The zero-order valence-electron chi connectivity index (χ0n) is 19.4. The van der Waals surface area contributed by atoms with Crippen LogP contribution in [0, 0.1) is 6.92 Å². The quantitative estimate of drug-likeness (QED) is 0.435. The SMILES string of the molecule is Cc1nc(-c2ccnc(Nc3cnn(C)c3)c2)ccc1CNC(=O)c1cnc(C(C)(C)C)s1. The second kappa shape index (κ2) is 9.11. The molecule has 0 aliphatic heterocycles. The van der Waals surface area contributed by atoms with Crippen molar-refractivity contribution in [2.75, 3.05) is 5.32 Å². The van der Waals surface area contributed by atoms with Gasteiger partial charge in [0.2, 0.25) is 0 Å². The number of amides is 1. The fraction of sp³-hybridized carbons (Fsp3) is 0.292. The van der Waals surface area contributed by atoms with Crippen LogP contribution in [0.5, 0.6) is 0 Å². The molecule has 0 aromatic carbocycles. The molecule has 0 bridgehead atoms. The third-order valence-corrected chi connectivity index (χ3v) is 6.46. The van der Waals surface area contributed by atoms with Crippen LogP contribution < -0.4 is 10.6 Å². The summed E-state index contributed by atoms with van der Waals surface area (Å²) in [6.45, 7) is 8.62. The second-order valence-corrected chi connectivity index (χ2v) is 9.89. The summed E-state index contributed by atoms with van der Waals surface area (Å²) in [5.74, 6) is 0.599.